The van der Waals surface area contributed by atoms with Gasteiger partial charge in [0.1, 0.15) is 5.75 Å². The SMILES string of the molecule is COc1cc(NC(=O)CN2CCC(N3CCCC3)CC2)ccc1Cl. The number of likely N-dealkylation sites (tertiary alicyclic amines) is 2. The molecular formula is C18H26ClN3O2. The molecule has 5 nitrogen and oxygen atoms in total. The summed E-state index contributed by atoms with van der Waals surface area (Å²) in [5.41, 5.74) is 0.716. The molecule has 2 aliphatic heterocycles. The molecule has 0 spiro atoms. The smallest absolute Gasteiger partial charge is 0.238 e. The number of carbonyl (C=O) groups excluding carboxylic acids is 1. The summed E-state index contributed by atoms with van der Waals surface area (Å²) < 4.78 is 5.18. The number of ether oxygens (including phenoxy) is 1. The number of piperidine rings is 1. The van der Waals surface area contributed by atoms with Crippen LogP contribution in [0.1, 0.15) is 25.7 Å². The predicted octanol–water partition coefficient (Wildman–Crippen LogP) is 2.85. The Kier molecular flexibility index (Phi) is 5.98. The van der Waals surface area contributed by atoms with Crippen molar-refractivity contribution in [1.29, 1.82) is 0 Å². The number of halogens is 1. The maximum Gasteiger partial charge on any atom is 0.238 e. The third kappa shape index (κ3) is 4.41. The van der Waals surface area contributed by atoms with Crippen molar-refractivity contribution in [3.8, 4) is 5.75 Å². The van der Waals surface area contributed by atoms with Gasteiger partial charge in [0.05, 0.1) is 18.7 Å². The second kappa shape index (κ2) is 8.19. The van der Waals surface area contributed by atoms with Gasteiger partial charge in [-0.05, 0) is 50.9 Å². The van der Waals surface area contributed by atoms with Crippen LogP contribution in [0.5, 0.6) is 5.75 Å². The summed E-state index contributed by atoms with van der Waals surface area (Å²) in [6, 6.07) is 5.99. The highest BCUT2D eigenvalue weighted by atomic mass is 35.5. The lowest BCUT2D eigenvalue weighted by Gasteiger charge is -2.36. The van der Waals surface area contributed by atoms with Crippen molar-refractivity contribution in [3.05, 3.63) is 23.2 Å². The number of hydrogen-bond acceptors (Lipinski definition) is 4. The average molecular weight is 352 g/mol. The first kappa shape index (κ1) is 17.5. The molecule has 6 heteroatoms. The van der Waals surface area contributed by atoms with Crippen molar-refractivity contribution in [2.45, 2.75) is 31.7 Å². The van der Waals surface area contributed by atoms with Gasteiger partial charge in [-0.25, -0.2) is 0 Å². The Morgan fingerprint density at radius 1 is 1.25 bits per heavy atom. The molecule has 1 aromatic carbocycles. The van der Waals surface area contributed by atoms with E-state index in [9.17, 15) is 4.79 Å². The lowest BCUT2D eigenvalue weighted by atomic mass is 10.0. The maximum absolute atomic E-state index is 12.3. The topological polar surface area (TPSA) is 44.8 Å². The van der Waals surface area contributed by atoms with Crippen LogP contribution in [0.15, 0.2) is 18.2 Å². The van der Waals surface area contributed by atoms with Crippen molar-refractivity contribution in [3.63, 3.8) is 0 Å². The van der Waals surface area contributed by atoms with Crippen molar-refractivity contribution >= 4 is 23.2 Å². The van der Waals surface area contributed by atoms with Crippen LogP contribution >= 0.6 is 11.6 Å². The standard InChI is InChI=1S/C18H26ClN3O2/c1-24-17-12-14(4-5-16(17)19)20-18(23)13-21-10-6-15(7-11-21)22-8-2-3-9-22/h4-5,12,15H,2-3,6-11,13H2,1H3,(H,20,23). The molecule has 2 heterocycles. The Labute approximate surface area is 148 Å². The van der Waals surface area contributed by atoms with E-state index in [1.54, 1.807) is 25.3 Å². The Morgan fingerprint density at radius 3 is 2.62 bits per heavy atom. The normalized spacial score (nSPS) is 20.2. The van der Waals surface area contributed by atoms with Crippen LogP contribution in [0.3, 0.4) is 0 Å². The molecule has 0 atom stereocenters. The Bertz CT molecular complexity index is 567. The van der Waals surface area contributed by atoms with Crippen molar-refractivity contribution in [2.75, 3.05) is 45.2 Å². The molecule has 0 unspecified atom stereocenters. The van der Waals surface area contributed by atoms with Crippen LogP contribution in [0.2, 0.25) is 5.02 Å². The molecule has 2 saturated heterocycles. The molecule has 0 bridgehead atoms. The minimum absolute atomic E-state index is 0.0130. The number of methoxy groups -OCH3 is 1. The number of amides is 1. The van der Waals surface area contributed by atoms with Gasteiger partial charge in [0.2, 0.25) is 5.91 Å². The molecule has 0 aliphatic carbocycles. The van der Waals surface area contributed by atoms with E-state index in [4.69, 9.17) is 16.3 Å². The Morgan fingerprint density at radius 2 is 1.96 bits per heavy atom. The fourth-order valence-corrected chi connectivity index (χ4v) is 3.89. The van der Waals surface area contributed by atoms with Crippen LogP contribution in [0.25, 0.3) is 0 Å². The van der Waals surface area contributed by atoms with Gasteiger partial charge in [-0.2, -0.15) is 0 Å². The van der Waals surface area contributed by atoms with Gasteiger partial charge in [0, 0.05) is 30.9 Å². The molecule has 0 aromatic heterocycles. The highest BCUT2D eigenvalue weighted by Gasteiger charge is 2.27. The molecule has 2 fully saturated rings. The first-order valence-electron chi connectivity index (χ1n) is 8.75. The van der Waals surface area contributed by atoms with Gasteiger partial charge >= 0.3 is 0 Å². The Balaban J connectivity index is 1.45. The summed E-state index contributed by atoms with van der Waals surface area (Å²) in [5, 5.41) is 3.47. The van der Waals surface area contributed by atoms with E-state index in [1.165, 1.54) is 38.8 Å². The molecule has 0 saturated carbocycles. The molecule has 1 N–H and O–H groups in total. The number of nitrogens with zero attached hydrogens (tertiary/aromatic N) is 2. The summed E-state index contributed by atoms with van der Waals surface area (Å²) in [6.45, 7) is 4.95. The highest BCUT2D eigenvalue weighted by Crippen LogP contribution is 2.27. The van der Waals surface area contributed by atoms with E-state index in [0.717, 1.165) is 13.1 Å². The summed E-state index contributed by atoms with van der Waals surface area (Å²) in [5.74, 6) is 0.583. The van der Waals surface area contributed by atoms with Gasteiger partial charge in [-0.3, -0.25) is 9.69 Å². The quantitative estimate of drug-likeness (QED) is 0.886. The first-order chi connectivity index (χ1) is 11.7. The lowest BCUT2D eigenvalue weighted by molar-refractivity contribution is -0.117. The minimum Gasteiger partial charge on any atom is -0.495 e. The minimum atomic E-state index is 0.0130. The molecule has 1 amide bonds. The second-order valence-electron chi connectivity index (χ2n) is 6.65. The highest BCUT2D eigenvalue weighted by molar-refractivity contribution is 6.32. The van der Waals surface area contributed by atoms with Crippen molar-refractivity contribution < 1.29 is 9.53 Å². The zero-order valence-corrected chi connectivity index (χ0v) is 15.0. The molecule has 24 heavy (non-hydrogen) atoms. The fourth-order valence-electron chi connectivity index (χ4n) is 3.69. The molecule has 1 aromatic rings. The number of anilines is 1. The molecule has 2 aliphatic rings. The van der Waals surface area contributed by atoms with E-state index < -0.39 is 0 Å². The van der Waals surface area contributed by atoms with Crippen LogP contribution in [0, 0.1) is 0 Å². The van der Waals surface area contributed by atoms with Gasteiger partial charge in [0.25, 0.3) is 0 Å². The summed E-state index contributed by atoms with van der Waals surface area (Å²) >= 11 is 6.01. The molecule has 132 valence electrons. The largest absolute Gasteiger partial charge is 0.495 e. The zero-order chi connectivity index (χ0) is 16.9. The number of rotatable bonds is 5. The number of hydrogen-bond donors (Lipinski definition) is 1. The van der Waals surface area contributed by atoms with Crippen molar-refractivity contribution in [2.24, 2.45) is 0 Å². The third-order valence-corrected chi connectivity index (χ3v) is 5.33. The van der Waals surface area contributed by atoms with Crippen LogP contribution in [-0.4, -0.2) is 61.6 Å². The number of benzene rings is 1. The van der Waals surface area contributed by atoms with E-state index in [1.807, 2.05) is 0 Å². The summed E-state index contributed by atoms with van der Waals surface area (Å²) in [6.07, 6.45) is 5.02. The van der Waals surface area contributed by atoms with E-state index in [2.05, 4.69) is 15.1 Å². The lowest BCUT2D eigenvalue weighted by Crippen LogP contribution is -2.45. The van der Waals surface area contributed by atoms with E-state index in [-0.39, 0.29) is 5.91 Å². The second-order valence-corrected chi connectivity index (χ2v) is 7.06. The van der Waals surface area contributed by atoms with Gasteiger partial charge in [-0.15, -0.1) is 0 Å². The maximum atomic E-state index is 12.3. The Hall–Kier alpha value is -1.30. The van der Waals surface area contributed by atoms with Gasteiger partial charge in [-0.1, -0.05) is 11.6 Å². The summed E-state index contributed by atoms with van der Waals surface area (Å²) in [7, 11) is 1.57. The fraction of sp³-hybridized carbons (Fsp3) is 0.611. The van der Waals surface area contributed by atoms with Crippen LogP contribution < -0.4 is 10.1 Å². The van der Waals surface area contributed by atoms with Crippen molar-refractivity contribution in [1.82, 2.24) is 9.80 Å². The van der Waals surface area contributed by atoms with Gasteiger partial charge in [0.15, 0.2) is 0 Å². The van der Waals surface area contributed by atoms with E-state index >= 15 is 0 Å². The molecule has 0 radical (unpaired) electrons. The van der Waals surface area contributed by atoms with Gasteiger partial charge < -0.3 is 15.0 Å². The predicted molar refractivity (Wildman–Crippen MR) is 96.9 cm³/mol. The number of nitrogens with one attached hydrogen (secondary N) is 1. The first-order valence-corrected chi connectivity index (χ1v) is 9.13. The summed E-state index contributed by atoms with van der Waals surface area (Å²) in [4.78, 5) is 17.1. The average Bonchev–Trinajstić information content (AvgIpc) is 3.12. The third-order valence-electron chi connectivity index (χ3n) is 5.02. The van der Waals surface area contributed by atoms with E-state index in [0.29, 0.717) is 29.0 Å². The van der Waals surface area contributed by atoms with Crippen LogP contribution in [-0.2, 0) is 4.79 Å². The number of carbonyl (C=O) groups is 1. The monoisotopic (exact) mass is 351 g/mol. The zero-order valence-electron chi connectivity index (χ0n) is 14.3. The van der Waals surface area contributed by atoms with Crippen LogP contribution in [0.4, 0.5) is 5.69 Å². The molecule has 3 rings (SSSR count). The molecular weight excluding hydrogens is 326 g/mol.